The van der Waals surface area contributed by atoms with Gasteiger partial charge in [0.05, 0.1) is 11.3 Å². The lowest BCUT2D eigenvalue weighted by atomic mass is 9.89. The molecule has 0 bridgehead atoms. The maximum absolute atomic E-state index is 12.2. The number of halogens is 1. The molecule has 0 radical (unpaired) electrons. The van der Waals surface area contributed by atoms with Gasteiger partial charge in [0.25, 0.3) is 5.91 Å². The van der Waals surface area contributed by atoms with Crippen LogP contribution in [0.4, 0.5) is 5.69 Å². The first kappa shape index (κ1) is 13.5. The van der Waals surface area contributed by atoms with E-state index in [2.05, 4.69) is 21.2 Å². The minimum Gasteiger partial charge on any atom is -0.375 e. The Labute approximate surface area is 127 Å². The molecule has 2 heterocycles. The van der Waals surface area contributed by atoms with Gasteiger partial charge in [0.2, 0.25) is 0 Å². The molecular weight excluding hydrogens is 342 g/mol. The van der Waals surface area contributed by atoms with Crippen molar-refractivity contribution in [1.82, 2.24) is 0 Å². The summed E-state index contributed by atoms with van der Waals surface area (Å²) in [5.74, 6) is -0.802. The maximum Gasteiger partial charge on any atom is 0.261 e. The summed E-state index contributed by atoms with van der Waals surface area (Å²) in [6, 6.07) is 8.55. The molecule has 0 unspecified atom stereocenters. The van der Waals surface area contributed by atoms with Crippen LogP contribution < -0.4 is 5.32 Å². The lowest BCUT2D eigenvalue weighted by molar-refractivity contribution is -0.133. The fraction of sp³-hybridized carbons (Fsp3) is 0.143. The first-order valence-electron chi connectivity index (χ1n) is 5.91. The van der Waals surface area contributed by atoms with Crippen LogP contribution in [0.1, 0.15) is 21.7 Å². The van der Waals surface area contributed by atoms with Crippen molar-refractivity contribution < 1.29 is 14.7 Å². The van der Waals surface area contributed by atoms with E-state index in [-0.39, 0.29) is 12.2 Å². The molecule has 1 amide bonds. The predicted molar refractivity (Wildman–Crippen MR) is 79.9 cm³/mol. The average Bonchev–Trinajstić information content (AvgIpc) is 2.98. The zero-order chi connectivity index (χ0) is 14.3. The fourth-order valence-electron chi connectivity index (χ4n) is 2.26. The quantitative estimate of drug-likeness (QED) is 0.835. The van der Waals surface area contributed by atoms with Crippen molar-refractivity contribution in [2.45, 2.75) is 12.0 Å². The molecule has 0 spiro atoms. The number of carbonyl (C=O) groups is 2. The Morgan fingerprint density at radius 3 is 2.90 bits per heavy atom. The number of Topliss-reactive ketones (excluding diaryl/α,β-unsaturated/α-hetero) is 1. The highest BCUT2D eigenvalue weighted by Crippen LogP contribution is 2.40. The maximum atomic E-state index is 12.2. The molecule has 0 aliphatic carbocycles. The number of ketones is 1. The van der Waals surface area contributed by atoms with Gasteiger partial charge in [-0.2, -0.15) is 0 Å². The number of rotatable bonds is 3. The van der Waals surface area contributed by atoms with E-state index >= 15 is 0 Å². The third kappa shape index (κ3) is 2.09. The van der Waals surface area contributed by atoms with Gasteiger partial charge < -0.3 is 10.4 Å². The van der Waals surface area contributed by atoms with Crippen molar-refractivity contribution in [3.05, 3.63) is 50.6 Å². The van der Waals surface area contributed by atoms with Crippen LogP contribution in [-0.2, 0) is 10.4 Å². The highest BCUT2D eigenvalue weighted by molar-refractivity contribution is 9.10. The number of aliphatic hydroxyl groups is 1. The van der Waals surface area contributed by atoms with Crippen LogP contribution in [-0.4, -0.2) is 16.8 Å². The second-order valence-corrected chi connectivity index (χ2v) is 6.44. The van der Waals surface area contributed by atoms with Crippen molar-refractivity contribution in [3.8, 4) is 0 Å². The van der Waals surface area contributed by atoms with Crippen molar-refractivity contribution >= 4 is 44.6 Å². The van der Waals surface area contributed by atoms with Crippen molar-refractivity contribution in [3.63, 3.8) is 0 Å². The van der Waals surface area contributed by atoms with Gasteiger partial charge in [0, 0.05) is 15.7 Å². The van der Waals surface area contributed by atoms with E-state index in [9.17, 15) is 14.7 Å². The average molecular weight is 352 g/mol. The number of hydrogen-bond acceptors (Lipinski definition) is 4. The standard InChI is InChI=1S/C14H10BrNO3S/c15-8-3-4-9-10(6-8)16-13(18)14(9,19)7-11(17)12-2-1-5-20-12/h1-6,19H,7H2,(H,16,18)/t14-/m1/s1. The minimum absolute atomic E-state index is 0.242. The summed E-state index contributed by atoms with van der Waals surface area (Å²) in [6.07, 6.45) is -0.256. The van der Waals surface area contributed by atoms with Crippen molar-refractivity contribution in [1.29, 1.82) is 0 Å². The second-order valence-electron chi connectivity index (χ2n) is 4.58. The van der Waals surface area contributed by atoms with E-state index in [0.29, 0.717) is 16.1 Å². The second kappa shape index (κ2) is 4.80. The summed E-state index contributed by atoms with van der Waals surface area (Å²) in [5.41, 5.74) is -0.821. The van der Waals surface area contributed by atoms with Crippen LogP contribution in [0.25, 0.3) is 0 Å². The van der Waals surface area contributed by atoms with E-state index in [1.54, 1.807) is 35.7 Å². The van der Waals surface area contributed by atoms with Gasteiger partial charge in [0.15, 0.2) is 11.4 Å². The molecule has 6 heteroatoms. The van der Waals surface area contributed by atoms with Crippen LogP contribution in [0.5, 0.6) is 0 Å². The smallest absolute Gasteiger partial charge is 0.261 e. The number of amides is 1. The van der Waals surface area contributed by atoms with Crippen LogP contribution in [0.2, 0.25) is 0 Å². The monoisotopic (exact) mass is 351 g/mol. The predicted octanol–water partition coefficient (Wildman–Crippen LogP) is 2.92. The summed E-state index contributed by atoms with van der Waals surface area (Å²) >= 11 is 4.60. The van der Waals surface area contributed by atoms with Crippen LogP contribution in [0.15, 0.2) is 40.2 Å². The Morgan fingerprint density at radius 1 is 1.40 bits per heavy atom. The molecule has 20 heavy (non-hydrogen) atoms. The van der Waals surface area contributed by atoms with Gasteiger partial charge in [-0.3, -0.25) is 9.59 Å². The Bertz CT molecular complexity index is 698. The third-order valence-corrected chi connectivity index (χ3v) is 4.67. The summed E-state index contributed by atoms with van der Waals surface area (Å²) < 4.78 is 0.797. The molecule has 0 fully saturated rings. The highest BCUT2D eigenvalue weighted by Gasteiger charge is 2.46. The van der Waals surface area contributed by atoms with E-state index in [4.69, 9.17) is 0 Å². The molecule has 1 aromatic heterocycles. The minimum atomic E-state index is -1.79. The lowest BCUT2D eigenvalue weighted by Crippen LogP contribution is -2.36. The van der Waals surface area contributed by atoms with Gasteiger partial charge >= 0.3 is 0 Å². The number of fused-ring (bicyclic) bond motifs is 1. The first-order chi connectivity index (χ1) is 9.50. The van der Waals surface area contributed by atoms with E-state index in [1.165, 1.54) is 11.3 Å². The molecular formula is C14H10BrNO3S. The number of hydrogen-bond donors (Lipinski definition) is 2. The van der Waals surface area contributed by atoms with Crippen LogP contribution in [0.3, 0.4) is 0 Å². The topological polar surface area (TPSA) is 66.4 Å². The number of benzene rings is 1. The summed E-state index contributed by atoms with van der Waals surface area (Å²) in [4.78, 5) is 24.7. The Hall–Kier alpha value is -1.50. The van der Waals surface area contributed by atoms with E-state index < -0.39 is 11.5 Å². The molecule has 3 rings (SSSR count). The zero-order valence-electron chi connectivity index (χ0n) is 10.2. The van der Waals surface area contributed by atoms with Gasteiger partial charge in [-0.25, -0.2) is 0 Å². The van der Waals surface area contributed by atoms with Gasteiger partial charge in [0.1, 0.15) is 0 Å². The molecule has 1 aliphatic rings. The fourth-order valence-corrected chi connectivity index (χ4v) is 3.29. The van der Waals surface area contributed by atoms with Crippen LogP contribution in [0, 0.1) is 0 Å². The van der Waals surface area contributed by atoms with E-state index in [1.807, 2.05) is 0 Å². The van der Waals surface area contributed by atoms with Crippen molar-refractivity contribution in [2.75, 3.05) is 5.32 Å². The van der Waals surface area contributed by atoms with Gasteiger partial charge in [-0.05, 0) is 23.6 Å². The Morgan fingerprint density at radius 2 is 2.20 bits per heavy atom. The van der Waals surface area contributed by atoms with Gasteiger partial charge in [-0.15, -0.1) is 11.3 Å². The molecule has 2 aromatic rings. The third-order valence-electron chi connectivity index (χ3n) is 3.26. The van der Waals surface area contributed by atoms with Gasteiger partial charge in [-0.1, -0.05) is 28.1 Å². The number of carbonyl (C=O) groups excluding carboxylic acids is 2. The summed E-state index contributed by atoms with van der Waals surface area (Å²) in [7, 11) is 0. The zero-order valence-corrected chi connectivity index (χ0v) is 12.6. The highest BCUT2D eigenvalue weighted by atomic mass is 79.9. The Kier molecular flexibility index (Phi) is 3.24. The molecule has 0 saturated heterocycles. The molecule has 2 N–H and O–H groups in total. The number of nitrogens with one attached hydrogen (secondary N) is 1. The Balaban J connectivity index is 1.96. The number of thiophene rings is 1. The molecule has 1 aliphatic heterocycles. The molecule has 1 aromatic carbocycles. The first-order valence-corrected chi connectivity index (χ1v) is 7.58. The molecule has 1 atom stereocenters. The number of anilines is 1. The van der Waals surface area contributed by atoms with Crippen molar-refractivity contribution in [2.24, 2.45) is 0 Å². The summed E-state index contributed by atoms with van der Waals surface area (Å²) in [5, 5.41) is 15.0. The molecule has 4 nitrogen and oxygen atoms in total. The molecule has 0 saturated carbocycles. The SMILES string of the molecule is O=C(C[C@]1(O)C(=O)Nc2cc(Br)ccc21)c1cccs1. The van der Waals surface area contributed by atoms with Crippen LogP contribution >= 0.6 is 27.3 Å². The lowest BCUT2D eigenvalue weighted by Gasteiger charge is -2.19. The largest absolute Gasteiger partial charge is 0.375 e. The van der Waals surface area contributed by atoms with E-state index in [0.717, 1.165) is 4.47 Å². The normalized spacial score (nSPS) is 20.6. The molecule has 102 valence electrons. The summed E-state index contributed by atoms with van der Waals surface area (Å²) in [6.45, 7) is 0.